The maximum Gasteiger partial charge on any atom is 0.122 e. The summed E-state index contributed by atoms with van der Waals surface area (Å²) in [5, 5.41) is 11.0. The van der Waals surface area contributed by atoms with Crippen molar-refractivity contribution in [2.24, 2.45) is 5.73 Å². The van der Waals surface area contributed by atoms with Crippen LogP contribution in [0.1, 0.15) is 16.5 Å². The number of hydrogen-bond donors (Lipinski definition) is 2. The first-order valence-corrected chi connectivity index (χ1v) is 6.29. The number of aliphatic hydroxyl groups excluding tert-OH is 1. The van der Waals surface area contributed by atoms with Crippen molar-refractivity contribution in [3.63, 3.8) is 0 Å². The fraction of sp³-hybridized carbons (Fsp3) is 0.231. The minimum atomic E-state index is -0.318. The van der Waals surface area contributed by atoms with Crippen LogP contribution in [-0.2, 0) is 6.61 Å². The SMILES string of the molecule is N[C@@H](CO)c1ccc(OCc2cccs2)cc1. The predicted octanol–water partition coefficient (Wildman–Crippen LogP) is 2.32. The van der Waals surface area contributed by atoms with Gasteiger partial charge in [0.2, 0.25) is 0 Å². The second kappa shape index (κ2) is 5.82. The molecule has 0 unspecified atom stereocenters. The molecule has 1 heterocycles. The Morgan fingerprint density at radius 3 is 2.59 bits per heavy atom. The molecule has 1 aromatic heterocycles. The highest BCUT2D eigenvalue weighted by Gasteiger charge is 2.04. The summed E-state index contributed by atoms with van der Waals surface area (Å²) in [6.45, 7) is 0.540. The van der Waals surface area contributed by atoms with Crippen LogP contribution in [-0.4, -0.2) is 11.7 Å². The van der Waals surface area contributed by atoms with E-state index in [0.29, 0.717) is 6.61 Å². The number of hydrogen-bond acceptors (Lipinski definition) is 4. The molecule has 0 saturated carbocycles. The molecule has 0 saturated heterocycles. The van der Waals surface area contributed by atoms with Crippen LogP contribution in [0.4, 0.5) is 0 Å². The third-order valence-corrected chi connectivity index (χ3v) is 3.32. The second-order valence-corrected chi connectivity index (χ2v) is 4.76. The van der Waals surface area contributed by atoms with Gasteiger partial charge in [-0.25, -0.2) is 0 Å². The maximum absolute atomic E-state index is 8.93. The van der Waals surface area contributed by atoms with Crippen molar-refractivity contribution in [3.8, 4) is 5.75 Å². The van der Waals surface area contributed by atoms with Crippen molar-refractivity contribution in [2.75, 3.05) is 6.61 Å². The molecule has 17 heavy (non-hydrogen) atoms. The lowest BCUT2D eigenvalue weighted by molar-refractivity contribution is 0.267. The Hall–Kier alpha value is -1.36. The predicted molar refractivity (Wildman–Crippen MR) is 69.1 cm³/mol. The van der Waals surface area contributed by atoms with Gasteiger partial charge in [0.1, 0.15) is 12.4 Å². The first-order valence-electron chi connectivity index (χ1n) is 5.41. The van der Waals surface area contributed by atoms with Gasteiger partial charge in [0.05, 0.1) is 12.6 Å². The van der Waals surface area contributed by atoms with Crippen molar-refractivity contribution in [2.45, 2.75) is 12.6 Å². The van der Waals surface area contributed by atoms with Crippen LogP contribution in [0.15, 0.2) is 41.8 Å². The highest BCUT2D eigenvalue weighted by Crippen LogP contribution is 2.18. The van der Waals surface area contributed by atoms with Crippen molar-refractivity contribution in [1.29, 1.82) is 0 Å². The molecule has 0 aliphatic carbocycles. The van der Waals surface area contributed by atoms with Crippen LogP contribution >= 0.6 is 11.3 Å². The normalized spacial score (nSPS) is 12.4. The Labute approximate surface area is 104 Å². The van der Waals surface area contributed by atoms with E-state index in [1.807, 2.05) is 41.8 Å². The lowest BCUT2D eigenvalue weighted by Crippen LogP contribution is -2.14. The highest BCUT2D eigenvalue weighted by atomic mass is 32.1. The summed E-state index contributed by atoms with van der Waals surface area (Å²) in [5.41, 5.74) is 6.62. The van der Waals surface area contributed by atoms with E-state index >= 15 is 0 Å². The van der Waals surface area contributed by atoms with E-state index in [0.717, 1.165) is 11.3 Å². The quantitative estimate of drug-likeness (QED) is 0.855. The number of rotatable bonds is 5. The molecule has 3 N–H and O–H groups in total. The number of thiophene rings is 1. The summed E-state index contributed by atoms with van der Waals surface area (Å²) in [7, 11) is 0. The fourth-order valence-corrected chi connectivity index (χ4v) is 2.08. The van der Waals surface area contributed by atoms with E-state index in [9.17, 15) is 0 Å². The summed E-state index contributed by atoms with van der Waals surface area (Å²) >= 11 is 1.68. The van der Waals surface area contributed by atoms with Crippen LogP contribution < -0.4 is 10.5 Å². The Bertz CT molecular complexity index is 439. The molecular formula is C13H15NO2S. The fourth-order valence-electron chi connectivity index (χ4n) is 1.47. The van der Waals surface area contributed by atoms with E-state index in [1.165, 1.54) is 4.88 Å². The number of aliphatic hydroxyl groups is 1. The number of ether oxygens (including phenoxy) is 1. The molecule has 0 aliphatic rings. The third-order valence-electron chi connectivity index (χ3n) is 2.47. The molecule has 0 amide bonds. The van der Waals surface area contributed by atoms with E-state index in [4.69, 9.17) is 15.6 Å². The molecule has 0 fully saturated rings. The van der Waals surface area contributed by atoms with E-state index < -0.39 is 0 Å². The van der Waals surface area contributed by atoms with Gasteiger partial charge < -0.3 is 15.6 Å². The molecule has 1 atom stereocenters. The monoisotopic (exact) mass is 249 g/mol. The molecule has 0 spiro atoms. The smallest absolute Gasteiger partial charge is 0.122 e. The van der Waals surface area contributed by atoms with Gasteiger partial charge in [-0.3, -0.25) is 0 Å². The Morgan fingerprint density at radius 2 is 2.00 bits per heavy atom. The van der Waals surface area contributed by atoms with Gasteiger partial charge in [0.25, 0.3) is 0 Å². The molecule has 1 aromatic carbocycles. The van der Waals surface area contributed by atoms with Crippen molar-refractivity contribution >= 4 is 11.3 Å². The summed E-state index contributed by atoms with van der Waals surface area (Å²) in [4.78, 5) is 1.20. The van der Waals surface area contributed by atoms with Crippen LogP contribution in [0.25, 0.3) is 0 Å². The summed E-state index contributed by atoms with van der Waals surface area (Å²) in [6, 6.07) is 11.2. The molecule has 0 radical (unpaired) electrons. The van der Waals surface area contributed by atoms with Crippen LogP contribution in [0.3, 0.4) is 0 Å². The van der Waals surface area contributed by atoms with E-state index in [-0.39, 0.29) is 12.6 Å². The Morgan fingerprint density at radius 1 is 1.24 bits per heavy atom. The molecule has 3 nitrogen and oxygen atoms in total. The van der Waals surface area contributed by atoms with Crippen molar-refractivity contribution in [1.82, 2.24) is 0 Å². The van der Waals surface area contributed by atoms with Gasteiger partial charge in [0.15, 0.2) is 0 Å². The zero-order valence-electron chi connectivity index (χ0n) is 9.37. The first-order chi connectivity index (χ1) is 8.29. The molecule has 2 aromatic rings. The molecular weight excluding hydrogens is 234 g/mol. The lowest BCUT2D eigenvalue weighted by Gasteiger charge is -2.09. The average Bonchev–Trinajstić information content (AvgIpc) is 2.89. The van der Waals surface area contributed by atoms with E-state index in [2.05, 4.69) is 0 Å². The molecule has 90 valence electrons. The van der Waals surface area contributed by atoms with Crippen LogP contribution in [0.5, 0.6) is 5.75 Å². The lowest BCUT2D eigenvalue weighted by atomic mass is 10.1. The number of benzene rings is 1. The standard InChI is InChI=1S/C13H15NO2S/c14-13(8-15)10-3-5-11(6-4-10)16-9-12-2-1-7-17-12/h1-7,13,15H,8-9,14H2/t13-/m0/s1. The minimum absolute atomic E-state index is 0.0462. The summed E-state index contributed by atoms with van der Waals surface area (Å²) in [5.74, 6) is 0.812. The van der Waals surface area contributed by atoms with Crippen LogP contribution in [0.2, 0.25) is 0 Å². The topological polar surface area (TPSA) is 55.5 Å². The van der Waals surface area contributed by atoms with Gasteiger partial charge in [-0.1, -0.05) is 18.2 Å². The third kappa shape index (κ3) is 3.30. The minimum Gasteiger partial charge on any atom is -0.488 e. The first kappa shape index (κ1) is 12.1. The maximum atomic E-state index is 8.93. The molecule has 0 aliphatic heterocycles. The zero-order valence-corrected chi connectivity index (χ0v) is 10.2. The van der Waals surface area contributed by atoms with E-state index in [1.54, 1.807) is 11.3 Å². The number of nitrogens with two attached hydrogens (primary N) is 1. The van der Waals surface area contributed by atoms with Gasteiger partial charge in [-0.2, -0.15) is 0 Å². The van der Waals surface area contributed by atoms with Gasteiger partial charge in [0, 0.05) is 4.88 Å². The van der Waals surface area contributed by atoms with Crippen molar-refractivity contribution in [3.05, 3.63) is 52.2 Å². The molecule has 0 bridgehead atoms. The van der Waals surface area contributed by atoms with Gasteiger partial charge in [-0.15, -0.1) is 11.3 Å². The average molecular weight is 249 g/mol. The zero-order chi connectivity index (χ0) is 12.1. The summed E-state index contributed by atoms with van der Waals surface area (Å²) < 4.78 is 5.63. The largest absolute Gasteiger partial charge is 0.488 e. The second-order valence-electron chi connectivity index (χ2n) is 3.73. The molecule has 4 heteroatoms. The van der Waals surface area contributed by atoms with Gasteiger partial charge >= 0.3 is 0 Å². The Balaban J connectivity index is 1.94. The highest BCUT2D eigenvalue weighted by molar-refractivity contribution is 7.09. The van der Waals surface area contributed by atoms with Crippen LogP contribution in [0, 0.1) is 0 Å². The van der Waals surface area contributed by atoms with Gasteiger partial charge in [-0.05, 0) is 29.1 Å². The summed E-state index contributed by atoms with van der Waals surface area (Å²) in [6.07, 6.45) is 0. The van der Waals surface area contributed by atoms with Crippen molar-refractivity contribution < 1.29 is 9.84 Å². The Kier molecular flexibility index (Phi) is 4.14. The molecule has 2 rings (SSSR count).